The number of hydrogen-bond donors (Lipinski definition) is 2. The molecule has 6 heteroatoms. The molecule has 0 aliphatic rings. The predicted octanol–water partition coefficient (Wildman–Crippen LogP) is 3.69. The first-order valence-corrected chi connectivity index (χ1v) is 7.31. The molecule has 0 radical (unpaired) electrons. The summed E-state index contributed by atoms with van der Waals surface area (Å²) in [6.07, 6.45) is 1.40. The van der Waals surface area contributed by atoms with E-state index in [0.717, 1.165) is 4.47 Å². The maximum Gasteiger partial charge on any atom is 0.335 e. The van der Waals surface area contributed by atoms with Crippen molar-refractivity contribution in [3.8, 4) is 6.07 Å². The molecule has 0 heterocycles. The Balaban J connectivity index is 2.19. The minimum Gasteiger partial charge on any atom is -0.478 e. The van der Waals surface area contributed by atoms with Crippen molar-refractivity contribution < 1.29 is 14.7 Å². The topological polar surface area (TPSA) is 90.2 Å². The van der Waals surface area contributed by atoms with Crippen LogP contribution in [0.2, 0.25) is 0 Å². The molecule has 0 spiro atoms. The number of carboxylic acid groups (broad SMARTS) is 1. The quantitative estimate of drug-likeness (QED) is 0.634. The van der Waals surface area contributed by atoms with Crippen LogP contribution in [-0.2, 0) is 4.79 Å². The highest BCUT2D eigenvalue weighted by Gasteiger charge is 2.10. The van der Waals surface area contributed by atoms with Crippen LogP contribution >= 0.6 is 15.9 Å². The molecule has 0 saturated carbocycles. The maximum absolute atomic E-state index is 12.1. The zero-order valence-electron chi connectivity index (χ0n) is 11.8. The molecule has 0 bridgehead atoms. The van der Waals surface area contributed by atoms with E-state index in [1.54, 1.807) is 18.2 Å². The average molecular weight is 371 g/mol. The van der Waals surface area contributed by atoms with Crippen molar-refractivity contribution in [2.75, 3.05) is 5.32 Å². The SMILES string of the molecule is N#CC(=Cc1ccc(C(=O)O)cc1)C(=O)Nc1cccc(Br)c1. The number of aromatic carboxylic acids is 1. The summed E-state index contributed by atoms with van der Waals surface area (Å²) in [6, 6.07) is 14.7. The van der Waals surface area contributed by atoms with Gasteiger partial charge in [0.15, 0.2) is 0 Å². The highest BCUT2D eigenvalue weighted by atomic mass is 79.9. The zero-order valence-corrected chi connectivity index (χ0v) is 13.4. The molecular formula is C17H11BrN2O3. The normalized spacial score (nSPS) is 10.7. The van der Waals surface area contributed by atoms with E-state index in [1.165, 1.54) is 30.3 Å². The van der Waals surface area contributed by atoms with Gasteiger partial charge in [0.2, 0.25) is 0 Å². The van der Waals surface area contributed by atoms with Crippen molar-refractivity contribution in [1.29, 1.82) is 5.26 Å². The predicted molar refractivity (Wildman–Crippen MR) is 89.8 cm³/mol. The van der Waals surface area contributed by atoms with Gasteiger partial charge in [0.25, 0.3) is 5.91 Å². The van der Waals surface area contributed by atoms with Crippen LogP contribution in [0.4, 0.5) is 5.69 Å². The number of anilines is 1. The van der Waals surface area contributed by atoms with Crippen LogP contribution in [-0.4, -0.2) is 17.0 Å². The molecule has 114 valence electrons. The Morgan fingerprint density at radius 1 is 1.17 bits per heavy atom. The van der Waals surface area contributed by atoms with Crippen LogP contribution in [0.3, 0.4) is 0 Å². The van der Waals surface area contributed by atoms with E-state index >= 15 is 0 Å². The number of nitriles is 1. The Labute approximate surface area is 141 Å². The molecule has 23 heavy (non-hydrogen) atoms. The summed E-state index contributed by atoms with van der Waals surface area (Å²) in [7, 11) is 0. The molecule has 1 amide bonds. The van der Waals surface area contributed by atoms with Crippen LogP contribution in [0.25, 0.3) is 6.08 Å². The molecule has 2 rings (SSSR count). The minimum atomic E-state index is -1.03. The Morgan fingerprint density at radius 3 is 2.43 bits per heavy atom. The summed E-state index contributed by atoms with van der Waals surface area (Å²) >= 11 is 3.30. The third kappa shape index (κ3) is 4.53. The van der Waals surface area contributed by atoms with Crippen LogP contribution < -0.4 is 5.32 Å². The standard InChI is InChI=1S/C17H11BrN2O3/c18-14-2-1-3-15(9-14)20-16(21)13(10-19)8-11-4-6-12(7-5-11)17(22)23/h1-9H,(H,20,21)(H,22,23). The smallest absolute Gasteiger partial charge is 0.335 e. The summed E-state index contributed by atoms with van der Waals surface area (Å²) in [5.41, 5.74) is 1.19. The second kappa shape index (κ2) is 7.38. The highest BCUT2D eigenvalue weighted by Crippen LogP contribution is 2.17. The number of nitrogens with zero attached hydrogens (tertiary/aromatic N) is 1. The van der Waals surface area contributed by atoms with E-state index in [9.17, 15) is 9.59 Å². The van der Waals surface area contributed by atoms with E-state index in [1.807, 2.05) is 12.1 Å². The first kappa shape index (κ1) is 16.5. The second-order valence-electron chi connectivity index (χ2n) is 4.56. The van der Waals surface area contributed by atoms with Crippen LogP contribution in [0.15, 0.2) is 58.6 Å². The van der Waals surface area contributed by atoms with Gasteiger partial charge in [0, 0.05) is 10.2 Å². The zero-order chi connectivity index (χ0) is 16.8. The van der Waals surface area contributed by atoms with Crippen molar-refractivity contribution in [3.05, 3.63) is 69.7 Å². The van der Waals surface area contributed by atoms with Gasteiger partial charge in [0.1, 0.15) is 11.6 Å². The lowest BCUT2D eigenvalue weighted by atomic mass is 10.1. The first-order valence-electron chi connectivity index (χ1n) is 6.51. The van der Waals surface area contributed by atoms with Gasteiger partial charge in [-0.3, -0.25) is 4.79 Å². The molecule has 0 fully saturated rings. The van der Waals surface area contributed by atoms with Crippen molar-refractivity contribution in [2.45, 2.75) is 0 Å². The lowest BCUT2D eigenvalue weighted by Gasteiger charge is -2.04. The fourth-order valence-electron chi connectivity index (χ4n) is 1.80. The first-order chi connectivity index (χ1) is 11.0. The minimum absolute atomic E-state index is 0.0759. The number of halogens is 1. The lowest BCUT2D eigenvalue weighted by Crippen LogP contribution is -2.13. The molecule has 5 nitrogen and oxygen atoms in total. The number of carbonyl (C=O) groups excluding carboxylic acids is 1. The summed E-state index contributed by atoms with van der Waals surface area (Å²) in [4.78, 5) is 22.9. The number of hydrogen-bond acceptors (Lipinski definition) is 3. The summed E-state index contributed by atoms with van der Waals surface area (Å²) in [5, 5.41) is 20.6. The maximum atomic E-state index is 12.1. The Kier molecular flexibility index (Phi) is 5.28. The lowest BCUT2D eigenvalue weighted by molar-refractivity contribution is -0.112. The molecule has 2 aromatic rings. The fourth-order valence-corrected chi connectivity index (χ4v) is 2.20. The van der Waals surface area contributed by atoms with Gasteiger partial charge in [-0.1, -0.05) is 34.1 Å². The van der Waals surface area contributed by atoms with Gasteiger partial charge in [0.05, 0.1) is 5.56 Å². The fraction of sp³-hybridized carbons (Fsp3) is 0. The van der Waals surface area contributed by atoms with Crippen LogP contribution in [0, 0.1) is 11.3 Å². The van der Waals surface area contributed by atoms with E-state index < -0.39 is 11.9 Å². The van der Waals surface area contributed by atoms with Crippen LogP contribution in [0.1, 0.15) is 15.9 Å². The molecule has 0 atom stereocenters. The average Bonchev–Trinajstić information content (AvgIpc) is 2.53. The van der Waals surface area contributed by atoms with E-state index in [2.05, 4.69) is 21.2 Å². The van der Waals surface area contributed by atoms with Crippen molar-refractivity contribution in [1.82, 2.24) is 0 Å². The van der Waals surface area contributed by atoms with Crippen molar-refractivity contribution in [3.63, 3.8) is 0 Å². The molecular weight excluding hydrogens is 360 g/mol. The molecule has 0 unspecified atom stereocenters. The number of amides is 1. The largest absolute Gasteiger partial charge is 0.478 e. The van der Waals surface area contributed by atoms with E-state index in [0.29, 0.717) is 11.3 Å². The number of carbonyl (C=O) groups is 2. The van der Waals surface area contributed by atoms with Crippen molar-refractivity contribution in [2.24, 2.45) is 0 Å². The van der Waals surface area contributed by atoms with Gasteiger partial charge in [-0.25, -0.2) is 4.79 Å². The van der Waals surface area contributed by atoms with Crippen molar-refractivity contribution >= 4 is 39.6 Å². The number of benzene rings is 2. The summed E-state index contributed by atoms with van der Waals surface area (Å²) in [5.74, 6) is -1.57. The van der Waals surface area contributed by atoms with E-state index in [-0.39, 0.29) is 11.1 Å². The molecule has 0 aromatic heterocycles. The number of rotatable bonds is 4. The molecule has 2 aromatic carbocycles. The highest BCUT2D eigenvalue weighted by molar-refractivity contribution is 9.10. The van der Waals surface area contributed by atoms with Gasteiger partial charge in [-0.15, -0.1) is 0 Å². The number of nitrogens with one attached hydrogen (secondary N) is 1. The van der Waals surface area contributed by atoms with Gasteiger partial charge >= 0.3 is 5.97 Å². The van der Waals surface area contributed by atoms with Gasteiger partial charge in [-0.05, 0) is 42.0 Å². The Bertz CT molecular complexity index is 820. The Hall–Kier alpha value is -2.91. The monoisotopic (exact) mass is 370 g/mol. The molecule has 0 saturated heterocycles. The molecule has 2 N–H and O–H groups in total. The molecule has 0 aliphatic carbocycles. The summed E-state index contributed by atoms with van der Waals surface area (Å²) < 4.78 is 0.807. The third-order valence-corrected chi connectivity index (χ3v) is 3.41. The molecule has 0 aliphatic heterocycles. The Morgan fingerprint density at radius 2 is 1.87 bits per heavy atom. The van der Waals surface area contributed by atoms with Gasteiger partial charge in [-0.2, -0.15) is 5.26 Å². The van der Waals surface area contributed by atoms with E-state index in [4.69, 9.17) is 10.4 Å². The summed E-state index contributed by atoms with van der Waals surface area (Å²) in [6.45, 7) is 0. The third-order valence-electron chi connectivity index (χ3n) is 2.92. The number of carboxylic acids is 1. The van der Waals surface area contributed by atoms with Gasteiger partial charge < -0.3 is 10.4 Å². The van der Waals surface area contributed by atoms with Crippen LogP contribution in [0.5, 0.6) is 0 Å². The second-order valence-corrected chi connectivity index (χ2v) is 5.48.